The van der Waals surface area contributed by atoms with Gasteiger partial charge >= 0.3 is 0 Å². The highest BCUT2D eigenvalue weighted by atomic mass is 32.3. The summed E-state index contributed by atoms with van der Waals surface area (Å²) < 4.78 is 6.87. The van der Waals surface area contributed by atoms with Crippen molar-refractivity contribution in [1.82, 2.24) is 0 Å². The summed E-state index contributed by atoms with van der Waals surface area (Å²) in [6.07, 6.45) is 0. The van der Waals surface area contributed by atoms with Crippen LogP contribution in [-0.2, 0) is 4.18 Å². The van der Waals surface area contributed by atoms with Gasteiger partial charge in [0.05, 0.1) is 5.60 Å². The van der Waals surface area contributed by atoms with Gasteiger partial charge in [-0.3, -0.25) is 0 Å². The summed E-state index contributed by atoms with van der Waals surface area (Å²) in [5, 5.41) is 0. The molecule has 0 aliphatic rings. The van der Waals surface area contributed by atoms with E-state index >= 15 is 0 Å². The Morgan fingerprint density at radius 3 is 1.08 bits per heavy atom. The molecule has 0 heterocycles. The molecular weight excluding hydrogens is 312 g/mol. The van der Waals surface area contributed by atoms with Gasteiger partial charge in [-0.2, -0.15) is 0 Å². The Kier molecular flexibility index (Phi) is 4.79. The second-order valence-corrected chi connectivity index (χ2v) is 9.38. The van der Waals surface area contributed by atoms with Gasteiger partial charge < -0.3 is 4.18 Å². The van der Waals surface area contributed by atoms with Crippen LogP contribution in [0.15, 0.2) is 106 Å². The van der Waals surface area contributed by atoms with Crippen LogP contribution >= 0.6 is 10.3 Å². The number of rotatable bonds is 4. The van der Waals surface area contributed by atoms with Gasteiger partial charge in [0.2, 0.25) is 0 Å². The molecule has 124 valence electrons. The lowest BCUT2D eigenvalue weighted by atomic mass is 10.2. The van der Waals surface area contributed by atoms with Crippen molar-refractivity contribution in [2.24, 2.45) is 0 Å². The van der Waals surface area contributed by atoms with Crippen molar-refractivity contribution >= 4 is 10.3 Å². The zero-order valence-electron chi connectivity index (χ0n) is 14.5. The summed E-state index contributed by atoms with van der Waals surface area (Å²) in [6.45, 7) is 6.39. The molecule has 1 nitrogen and oxygen atoms in total. The fourth-order valence-electron chi connectivity index (χ4n) is 2.76. The summed E-state index contributed by atoms with van der Waals surface area (Å²) in [5.41, 5.74) is -0.267. The van der Waals surface area contributed by atoms with Gasteiger partial charge in [0, 0.05) is 14.7 Å². The Hall–Kier alpha value is -2.03. The first-order chi connectivity index (χ1) is 11.5. The van der Waals surface area contributed by atoms with E-state index in [1.165, 1.54) is 14.7 Å². The van der Waals surface area contributed by atoms with Gasteiger partial charge in [0.25, 0.3) is 0 Å². The van der Waals surface area contributed by atoms with E-state index in [-0.39, 0.29) is 5.60 Å². The first-order valence-corrected chi connectivity index (χ1v) is 9.77. The molecule has 0 saturated heterocycles. The van der Waals surface area contributed by atoms with Crippen molar-refractivity contribution in [2.75, 3.05) is 0 Å². The molecule has 24 heavy (non-hydrogen) atoms. The summed E-state index contributed by atoms with van der Waals surface area (Å²) in [5.74, 6) is 0. The monoisotopic (exact) mass is 336 g/mol. The zero-order chi connectivity index (χ0) is 17.0. The SMILES string of the molecule is CC(C)(C)OS(c1ccccc1)(c1ccccc1)c1ccccc1. The maximum atomic E-state index is 6.87. The normalized spacial score (nSPS) is 12.8. The molecule has 0 aliphatic carbocycles. The summed E-state index contributed by atoms with van der Waals surface area (Å²) in [6, 6.07) is 31.8. The Labute approximate surface area is 146 Å². The molecule has 0 unspecified atom stereocenters. The summed E-state index contributed by atoms with van der Waals surface area (Å²) >= 11 is 0. The van der Waals surface area contributed by atoms with Crippen LogP contribution in [0.4, 0.5) is 0 Å². The molecule has 3 aromatic carbocycles. The van der Waals surface area contributed by atoms with Gasteiger partial charge in [0.15, 0.2) is 0 Å². The average molecular weight is 337 g/mol. The predicted molar refractivity (Wildman–Crippen MR) is 103 cm³/mol. The van der Waals surface area contributed by atoms with Crippen LogP contribution in [-0.4, -0.2) is 5.60 Å². The molecule has 0 bridgehead atoms. The first kappa shape index (κ1) is 16.8. The zero-order valence-corrected chi connectivity index (χ0v) is 15.3. The molecule has 0 aromatic heterocycles. The lowest BCUT2D eigenvalue weighted by Crippen LogP contribution is -2.23. The lowest BCUT2D eigenvalue weighted by Gasteiger charge is -2.45. The largest absolute Gasteiger partial charge is 0.318 e. The quantitative estimate of drug-likeness (QED) is 0.515. The molecule has 0 amide bonds. The van der Waals surface area contributed by atoms with E-state index in [4.69, 9.17) is 4.18 Å². The topological polar surface area (TPSA) is 9.23 Å². The van der Waals surface area contributed by atoms with Crippen LogP contribution in [0.2, 0.25) is 0 Å². The third kappa shape index (κ3) is 3.40. The summed E-state index contributed by atoms with van der Waals surface area (Å²) in [7, 11) is -1.79. The van der Waals surface area contributed by atoms with Crippen LogP contribution in [0.25, 0.3) is 0 Å². The Bertz CT molecular complexity index is 665. The van der Waals surface area contributed by atoms with Gasteiger partial charge in [-0.25, -0.2) is 0 Å². The molecule has 3 aromatic rings. The van der Waals surface area contributed by atoms with E-state index < -0.39 is 10.3 Å². The Morgan fingerprint density at radius 2 is 0.833 bits per heavy atom. The minimum absolute atomic E-state index is 0.267. The molecule has 3 rings (SSSR count). The smallest absolute Gasteiger partial charge is 0.0736 e. The standard InChI is InChI=1S/C22H24OS/c1-22(2,3)23-24(19-13-7-4-8-14-19,20-15-9-5-10-16-20)21-17-11-6-12-18-21/h4-18H,1-3H3. The molecule has 0 radical (unpaired) electrons. The first-order valence-electron chi connectivity index (χ1n) is 8.22. The number of hydrogen-bond donors (Lipinski definition) is 0. The van der Waals surface area contributed by atoms with E-state index in [0.29, 0.717) is 0 Å². The molecule has 0 saturated carbocycles. The molecule has 0 N–H and O–H groups in total. The van der Waals surface area contributed by atoms with E-state index in [0.717, 1.165) is 0 Å². The molecule has 0 fully saturated rings. The van der Waals surface area contributed by atoms with Crippen molar-refractivity contribution in [2.45, 2.75) is 41.1 Å². The Morgan fingerprint density at radius 1 is 0.542 bits per heavy atom. The predicted octanol–water partition coefficient (Wildman–Crippen LogP) is 6.70. The second kappa shape index (κ2) is 6.84. The van der Waals surface area contributed by atoms with Gasteiger partial charge in [-0.1, -0.05) is 64.9 Å². The molecule has 0 aliphatic heterocycles. The van der Waals surface area contributed by atoms with Crippen molar-refractivity contribution in [1.29, 1.82) is 0 Å². The fraction of sp³-hybridized carbons (Fsp3) is 0.182. The van der Waals surface area contributed by atoms with Crippen molar-refractivity contribution in [3.8, 4) is 0 Å². The van der Waals surface area contributed by atoms with Crippen molar-refractivity contribution in [3.63, 3.8) is 0 Å². The highest BCUT2D eigenvalue weighted by Gasteiger charge is 2.36. The molecular formula is C22H24OS. The minimum atomic E-state index is -1.79. The van der Waals surface area contributed by atoms with Crippen molar-refractivity contribution in [3.05, 3.63) is 91.0 Å². The van der Waals surface area contributed by atoms with E-state index in [2.05, 4.69) is 112 Å². The molecule has 0 atom stereocenters. The summed E-state index contributed by atoms with van der Waals surface area (Å²) in [4.78, 5) is 3.66. The van der Waals surface area contributed by atoms with Crippen molar-refractivity contribution < 1.29 is 4.18 Å². The second-order valence-electron chi connectivity index (χ2n) is 6.69. The average Bonchev–Trinajstić information content (AvgIpc) is 2.61. The highest BCUT2D eigenvalue weighted by molar-refractivity contribution is 8.30. The van der Waals surface area contributed by atoms with Gasteiger partial charge in [0.1, 0.15) is 0 Å². The van der Waals surface area contributed by atoms with Gasteiger partial charge in [-0.15, -0.1) is 0 Å². The van der Waals surface area contributed by atoms with Crippen LogP contribution in [0.1, 0.15) is 20.8 Å². The van der Waals surface area contributed by atoms with E-state index in [9.17, 15) is 0 Å². The van der Waals surface area contributed by atoms with Crippen LogP contribution in [0.5, 0.6) is 0 Å². The molecule has 0 spiro atoms. The Balaban J connectivity index is 2.33. The van der Waals surface area contributed by atoms with Crippen LogP contribution < -0.4 is 0 Å². The third-order valence-electron chi connectivity index (χ3n) is 3.60. The maximum absolute atomic E-state index is 6.87. The number of benzene rings is 3. The highest BCUT2D eigenvalue weighted by Crippen LogP contribution is 2.70. The minimum Gasteiger partial charge on any atom is -0.318 e. The van der Waals surface area contributed by atoms with Crippen LogP contribution in [0.3, 0.4) is 0 Å². The fourth-order valence-corrected chi connectivity index (χ4v) is 6.24. The van der Waals surface area contributed by atoms with Gasteiger partial charge in [-0.05, 0) is 57.2 Å². The maximum Gasteiger partial charge on any atom is 0.0736 e. The third-order valence-corrected chi connectivity index (χ3v) is 7.16. The van der Waals surface area contributed by atoms with Crippen LogP contribution in [0, 0.1) is 0 Å². The van der Waals surface area contributed by atoms with E-state index in [1.54, 1.807) is 0 Å². The molecule has 2 heteroatoms. The van der Waals surface area contributed by atoms with E-state index in [1.807, 2.05) is 0 Å². The number of hydrogen-bond acceptors (Lipinski definition) is 1. The lowest BCUT2D eigenvalue weighted by molar-refractivity contribution is 0.153.